The van der Waals surface area contributed by atoms with E-state index in [0.29, 0.717) is 12.4 Å². The average molecular weight is 282 g/mol. The predicted molar refractivity (Wildman–Crippen MR) is 70.8 cm³/mol. The first kappa shape index (κ1) is 13.8. The Morgan fingerprint density at radius 3 is 2.74 bits per heavy atom. The van der Waals surface area contributed by atoms with Crippen molar-refractivity contribution in [2.75, 3.05) is 12.4 Å². The molecule has 0 aliphatic carbocycles. The largest absolute Gasteiger partial charge is 0.493 e. The summed E-state index contributed by atoms with van der Waals surface area (Å²) < 4.78 is 20.0. The quantitative estimate of drug-likeness (QED) is 0.602. The molecule has 5 nitrogen and oxygen atoms in total. The molecule has 0 unspecified atom stereocenters. The highest BCUT2D eigenvalue weighted by molar-refractivity contribution is 7.99. The van der Waals surface area contributed by atoms with E-state index in [1.165, 1.54) is 23.9 Å². The van der Waals surface area contributed by atoms with E-state index in [1.807, 2.05) is 13.8 Å². The molecule has 2 aromatic rings. The Hall–Kier alpha value is -1.63. The van der Waals surface area contributed by atoms with E-state index in [1.54, 1.807) is 16.8 Å². The number of nitrogens with zero attached hydrogens (tertiary/aromatic N) is 4. The van der Waals surface area contributed by atoms with Crippen LogP contribution in [0.15, 0.2) is 29.4 Å². The Morgan fingerprint density at radius 1 is 1.32 bits per heavy atom. The lowest BCUT2D eigenvalue weighted by Crippen LogP contribution is -2.06. The van der Waals surface area contributed by atoms with E-state index in [9.17, 15) is 4.39 Å². The number of aromatic nitrogens is 4. The van der Waals surface area contributed by atoms with Crippen LogP contribution in [0.5, 0.6) is 5.75 Å². The van der Waals surface area contributed by atoms with Gasteiger partial charge in [-0.1, -0.05) is 11.8 Å². The number of thioether (sulfide) groups is 1. The molecular formula is C12H15FN4OS. The van der Waals surface area contributed by atoms with Crippen molar-refractivity contribution in [3.05, 3.63) is 30.1 Å². The minimum absolute atomic E-state index is 0.232. The van der Waals surface area contributed by atoms with Crippen molar-refractivity contribution in [3.63, 3.8) is 0 Å². The first-order valence-corrected chi connectivity index (χ1v) is 6.94. The van der Waals surface area contributed by atoms with Crippen LogP contribution >= 0.6 is 11.8 Å². The Bertz CT molecular complexity index is 515. The molecule has 0 aliphatic rings. The van der Waals surface area contributed by atoms with Gasteiger partial charge in [0.25, 0.3) is 0 Å². The maximum Gasteiger partial charge on any atom is 0.209 e. The summed E-state index contributed by atoms with van der Waals surface area (Å²) in [6.07, 6.45) is 0. The van der Waals surface area contributed by atoms with Crippen LogP contribution in [0.1, 0.15) is 19.9 Å². The molecule has 0 aliphatic heterocycles. The lowest BCUT2D eigenvalue weighted by atomic mass is 10.3. The standard InChI is InChI=1S/C12H15FN4OS/c1-9(2)17-12(14-15-16-17)19-8-7-18-11-5-3-10(13)4-6-11/h3-6,9H,7-8H2,1-2H3. The lowest BCUT2D eigenvalue weighted by molar-refractivity contribution is 0.343. The van der Waals surface area contributed by atoms with E-state index in [0.717, 1.165) is 10.9 Å². The summed E-state index contributed by atoms with van der Waals surface area (Å²) in [7, 11) is 0. The molecule has 0 atom stereocenters. The molecule has 0 saturated heterocycles. The van der Waals surface area contributed by atoms with Crippen LogP contribution in [-0.4, -0.2) is 32.6 Å². The normalized spacial score (nSPS) is 10.9. The molecule has 0 saturated carbocycles. The van der Waals surface area contributed by atoms with Crippen LogP contribution in [0, 0.1) is 5.82 Å². The Balaban J connectivity index is 1.77. The van der Waals surface area contributed by atoms with Crippen molar-refractivity contribution in [2.45, 2.75) is 25.0 Å². The fraction of sp³-hybridized carbons (Fsp3) is 0.417. The van der Waals surface area contributed by atoms with Crippen molar-refractivity contribution < 1.29 is 9.13 Å². The fourth-order valence-electron chi connectivity index (χ4n) is 1.43. The number of ether oxygens (including phenoxy) is 1. The molecule has 2 rings (SSSR count). The highest BCUT2D eigenvalue weighted by Crippen LogP contribution is 2.18. The molecule has 0 radical (unpaired) electrons. The Labute approximate surface area is 115 Å². The third-order valence-electron chi connectivity index (χ3n) is 2.35. The van der Waals surface area contributed by atoms with Gasteiger partial charge in [0, 0.05) is 5.75 Å². The zero-order chi connectivity index (χ0) is 13.7. The van der Waals surface area contributed by atoms with Gasteiger partial charge in [0.15, 0.2) is 0 Å². The zero-order valence-corrected chi connectivity index (χ0v) is 11.6. The fourth-order valence-corrected chi connectivity index (χ4v) is 2.25. The van der Waals surface area contributed by atoms with Gasteiger partial charge in [-0.2, -0.15) is 0 Å². The van der Waals surface area contributed by atoms with Crippen LogP contribution in [0.2, 0.25) is 0 Å². The van der Waals surface area contributed by atoms with E-state index in [-0.39, 0.29) is 11.9 Å². The van der Waals surface area contributed by atoms with Gasteiger partial charge < -0.3 is 4.74 Å². The molecule has 102 valence electrons. The molecule has 0 N–H and O–H groups in total. The van der Waals surface area contributed by atoms with Gasteiger partial charge in [-0.15, -0.1) is 5.10 Å². The van der Waals surface area contributed by atoms with E-state index in [4.69, 9.17) is 4.74 Å². The van der Waals surface area contributed by atoms with Gasteiger partial charge in [-0.3, -0.25) is 0 Å². The molecule has 0 bridgehead atoms. The molecule has 0 fully saturated rings. The molecule has 0 spiro atoms. The maximum absolute atomic E-state index is 12.7. The molecular weight excluding hydrogens is 267 g/mol. The Morgan fingerprint density at radius 2 is 2.05 bits per heavy atom. The van der Waals surface area contributed by atoms with Crippen LogP contribution in [0.25, 0.3) is 0 Å². The monoisotopic (exact) mass is 282 g/mol. The molecule has 1 aromatic carbocycles. The van der Waals surface area contributed by atoms with Crippen molar-refractivity contribution in [2.24, 2.45) is 0 Å². The second kappa shape index (κ2) is 6.51. The number of benzene rings is 1. The van der Waals surface area contributed by atoms with Gasteiger partial charge in [-0.05, 0) is 48.5 Å². The van der Waals surface area contributed by atoms with Crippen LogP contribution in [0.3, 0.4) is 0 Å². The number of rotatable bonds is 6. The third-order valence-corrected chi connectivity index (χ3v) is 3.25. The summed E-state index contributed by atoms with van der Waals surface area (Å²) in [6, 6.07) is 6.20. The van der Waals surface area contributed by atoms with Crippen LogP contribution in [-0.2, 0) is 0 Å². The summed E-state index contributed by atoms with van der Waals surface area (Å²) in [4.78, 5) is 0. The number of halogens is 1. The lowest BCUT2D eigenvalue weighted by Gasteiger charge is -2.08. The summed E-state index contributed by atoms with van der Waals surface area (Å²) in [6.45, 7) is 4.56. The van der Waals surface area contributed by atoms with E-state index in [2.05, 4.69) is 15.5 Å². The SMILES string of the molecule is CC(C)n1nnnc1SCCOc1ccc(F)cc1. The van der Waals surface area contributed by atoms with Gasteiger partial charge in [0.2, 0.25) is 5.16 Å². The zero-order valence-electron chi connectivity index (χ0n) is 10.8. The minimum Gasteiger partial charge on any atom is -0.493 e. The molecule has 0 amide bonds. The van der Waals surface area contributed by atoms with Gasteiger partial charge in [0.1, 0.15) is 11.6 Å². The second-order valence-corrected chi connectivity index (χ2v) is 5.21. The predicted octanol–water partition coefficient (Wildman–Crippen LogP) is 2.56. The molecule has 19 heavy (non-hydrogen) atoms. The molecule has 1 aromatic heterocycles. The second-order valence-electron chi connectivity index (χ2n) is 4.15. The Kier molecular flexibility index (Phi) is 4.73. The van der Waals surface area contributed by atoms with Crippen LogP contribution in [0.4, 0.5) is 4.39 Å². The average Bonchev–Trinajstić information content (AvgIpc) is 2.85. The maximum atomic E-state index is 12.7. The molecule has 7 heteroatoms. The topological polar surface area (TPSA) is 52.8 Å². The summed E-state index contributed by atoms with van der Waals surface area (Å²) >= 11 is 1.53. The van der Waals surface area contributed by atoms with Gasteiger partial charge >= 0.3 is 0 Å². The van der Waals surface area contributed by atoms with Crippen molar-refractivity contribution >= 4 is 11.8 Å². The first-order valence-electron chi connectivity index (χ1n) is 5.96. The van der Waals surface area contributed by atoms with Gasteiger partial charge in [0.05, 0.1) is 12.6 Å². The van der Waals surface area contributed by atoms with E-state index >= 15 is 0 Å². The number of hydrogen-bond donors (Lipinski definition) is 0. The van der Waals surface area contributed by atoms with Crippen molar-refractivity contribution in [1.29, 1.82) is 0 Å². The molecule has 1 heterocycles. The first-order chi connectivity index (χ1) is 9.16. The van der Waals surface area contributed by atoms with Crippen molar-refractivity contribution in [3.8, 4) is 5.75 Å². The highest BCUT2D eigenvalue weighted by atomic mass is 32.2. The summed E-state index contributed by atoms with van der Waals surface area (Å²) in [5.74, 6) is 1.12. The van der Waals surface area contributed by atoms with Gasteiger partial charge in [-0.25, -0.2) is 9.07 Å². The van der Waals surface area contributed by atoms with Crippen LogP contribution < -0.4 is 4.74 Å². The van der Waals surface area contributed by atoms with Crippen molar-refractivity contribution in [1.82, 2.24) is 20.2 Å². The summed E-state index contributed by atoms with van der Waals surface area (Å²) in [5, 5.41) is 12.3. The number of hydrogen-bond acceptors (Lipinski definition) is 5. The highest BCUT2D eigenvalue weighted by Gasteiger charge is 2.09. The smallest absolute Gasteiger partial charge is 0.209 e. The van der Waals surface area contributed by atoms with E-state index < -0.39 is 0 Å². The minimum atomic E-state index is -0.266. The number of tetrazole rings is 1. The summed E-state index contributed by atoms with van der Waals surface area (Å²) in [5.41, 5.74) is 0. The third kappa shape index (κ3) is 3.92.